The molecule has 1 aliphatic rings. The van der Waals surface area contributed by atoms with Gasteiger partial charge in [0, 0.05) is 13.1 Å². The standard InChI is InChI=1S/C17H24ClN3O4/c1-11(2)25-16(22)12-3-4-14(18)15(9-12)20-17(23)21-7-8-24-13(10-21)5-6-19/h3-4,9,11,13H,5-8,10,19H2,1-2H3,(H,20,23). The van der Waals surface area contributed by atoms with E-state index in [9.17, 15) is 9.59 Å². The number of carbonyl (C=O) groups is 2. The maximum absolute atomic E-state index is 12.5. The summed E-state index contributed by atoms with van der Waals surface area (Å²) in [6.45, 7) is 5.47. The summed E-state index contributed by atoms with van der Waals surface area (Å²) in [4.78, 5) is 26.1. The van der Waals surface area contributed by atoms with Crippen molar-refractivity contribution in [3.8, 4) is 0 Å². The second-order valence-corrected chi connectivity index (χ2v) is 6.50. The number of amides is 2. The average Bonchev–Trinajstić information content (AvgIpc) is 2.56. The predicted molar refractivity (Wildman–Crippen MR) is 96.0 cm³/mol. The Kier molecular flexibility index (Phi) is 7.04. The Labute approximate surface area is 152 Å². The highest BCUT2D eigenvalue weighted by atomic mass is 35.5. The monoisotopic (exact) mass is 369 g/mol. The van der Waals surface area contributed by atoms with Crippen LogP contribution in [0.2, 0.25) is 5.02 Å². The van der Waals surface area contributed by atoms with E-state index in [2.05, 4.69) is 5.32 Å². The predicted octanol–water partition coefficient (Wildman–Crippen LogP) is 2.49. The number of morpholine rings is 1. The van der Waals surface area contributed by atoms with E-state index in [0.29, 0.717) is 48.9 Å². The molecule has 1 saturated heterocycles. The Hall–Kier alpha value is -1.83. The van der Waals surface area contributed by atoms with Crippen LogP contribution in [0.5, 0.6) is 0 Å². The topological polar surface area (TPSA) is 93.9 Å². The molecule has 3 N–H and O–H groups in total. The van der Waals surface area contributed by atoms with E-state index in [1.807, 2.05) is 0 Å². The molecule has 138 valence electrons. The number of nitrogens with zero attached hydrogens (tertiary/aromatic N) is 1. The van der Waals surface area contributed by atoms with E-state index in [1.54, 1.807) is 30.9 Å². The fourth-order valence-corrected chi connectivity index (χ4v) is 2.65. The van der Waals surface area contributed by atoms with Crippen molar-refractivity contribution in [1.29, 1.82) is 0 Å². The lowest BCUT2D eigenvalue weighted by atomic mass is 10.2. The van der Waals surface area contributed by atoms with Crippen LogP contribution in [0.15, 0.2) is 18.2 Å². The summed E-state index contributed by atoms with van der Waals surface area (Å²) < 4.78 is 10.7. The molecule has 0 aromatic heterocycles. The number of hydrogen-bond donors (Lipinski definition) is 2. The van der Waals surface area contributed by atoms with Gasteiger partial charge >= 0.3 is 12.0 Å². The molecule has 7 nitrogen and oxygen atoms in total. The molecule has 0 bridgehead atoms. The van der Waals surface area contributed by atoms with Crippen molar-refractivity contribution in [1.82, 2.24) is 4.90 Å². The first-order valence-electron chi connectivity index (χ1n) is 8.28. The van der Waals surface area contributed by atoms with Crippen LogP contribution in [-0.2, 0) is 9.47 Å². The molecule has 0 saturated carbocycles. The molecule has 1 atom stereocenters. The third-order valence-corrected chi connectivity index (χ3v) is 4.03. The second kappa shape index (κ2) is 9.03. The number of rotatable bonds is 5. The van der Waals surface area contributed by atoms with Gasteiger partial charge in [0.2, 0.25) is 0 Å². The molecule has 2 amide bonds. The maximum Gasteiger partial charge on any atom is 0.338 e. The quantitative estimate of drug-likeness (QED) is 0.777. The summed E-state index contributed by atoms with van der Waals surface area (Å²) in [5.74, 6) is -0.462. The number of anilines is 1. The molecule has 1 aliphatic heterocycles. The number of nitrogens with one attached hydrogen (secondary N) is 1. The Balaban J connectivity index is 2.05. The lowest BCUT2D eigenvalue weighted by molar-refractivity contribution is -0.0146. The molecule has 0 radical (unpaired) electrons. The van der Waals surface area contributed by atoms with Crippen molar-refractivity contribution in [3.63, 3.8) is 0 Å². The van der Waals surface area contributed by atoms with Crippen molar-refractivity contribution >= 4 is 29.3 Å². The van der Waals surface area contributed by atoms with Crippen molar-refractivity contribution < 1.29 is 19.1 Å². The first-order chi connectivity index (χ1) is 11.9. The lowest BCUT2D eigenvalue weighted by Gasteiger charge is -2.32. The highest BCUT2D eigenvalue weighted by Crippen LogP contribution is 2.24. The molecular formula is C17H24ClN3O4. The Bertz CT molecular complexity index is 622. The van der Waals surface area contributed by atoms with Gasteiger partial charge in [0.25, 0.3) is 0 Å². The zero-order chi connectivity index (χ0) is 18.4. The third kappa shape index (κ3) is 5.59. The molecule has 25 heavy (non-hydrogen) atoms. The average molecular weight is 370 g/mol. The first kappa shape index (κ1) is 19.5. The number of carbonyl (C=O) groups excluding carboxylic acids is 2. The number of esters is 1. The SMILES string of the molecule is CC(C)OC(=O)c1ccc(Cl)c(NC(=O)N2CCOC(CCN)C2)c1. The minimum atomic E-state index is -0.462. The van der Waals surface area contributed by atoms with Gasteiger partial charge in [-0.05, 0) is 45.0 Å². The number of benzene rings is 1. The van der Waals surface area contributed by atoms with Crippen LogP contribution in [0.3, 0.4) is 0 Å². The lowest BCUT2D eigenvalue weighted by Crippen LogP contribution is -2.47. The van der Waals surface area contributed by atoms with Crippen molar-refractivity contribution in [2.75, 3.05) is 31.6 Å². The fraction of sp³-hybridized carbons (Fsp3) is 0.529. The van der Waals surface area contributed by atoms with Crippen LogP contribution in [0.25, 0.3) is 0 Å². The molecule has 1 aromatic rings. The maximum atomic E-state index is 12.5. The third-order valence-electron chi connectivity index (χ3n) is 3.70. The van der Waals surface area contributed by atoms with E-state index in [4.69, 9.17) is 26.8 Å². The van der Waals surface area contributed by atoms with E-state index in [-0.39, 0.29) is 18.2 Å². The summed E-state index contributed by atoms with van der Waals surface area (Å²) in [6.07, 6.45) is 0.405. The van der Waals surface area contributed by atoms with Crippen LogP contribution in [0.1, 0.15) is 30.6 Å². The van der Waals surface area contributed by atoms with Crippen LogP contribution < -0.4 is 11.1 Å². The molecular weight excluding hydrogens is 346 g/mol. The van der Waals surface area contributed by atoms with Crippen LogP contribution in [-0.4, -0.2) is 55.3 Å². The molecule has 1 unspecified atom stereocenters. The van der Waals surface area contributed by atoms with Gasteiger partial charge in [-0.3, -0.25) is 0 Å². The van der Waals surface area contributed by atoms with Crippen molar-refractivity contribution in [3.05, 3.63) is 28.8 Å². The Morgan fingerprint density at radius 2 is 2.24 bits per heavy atom. The van der Waals surface area contributed by atoms with Gasteiger partial charge in [-0.25, -0.2) is 9.59 Å². The molecule has 2 rings (SSSR count). The second-order valence-electron chi connectivity index (χ2n) is 6.10. The van der Waals surface area contributed by atoms with E-state index >= 15 is 0 Å². The summed E-state index contributed by atoms with van der Waals surface area (Å²) in [5.41, 5.74) is 6.24. The van der Waals surface area contributed by atoms with Gasteiger partial charge in [-0.1, -0.05) is 11.6 Å². The smallest absolute Gasteiger partial charge is 0.338 e. The largest absolute Gasteiger partial charge is 0.459 e. The number of nitrogens with two attached hydrogens (primary N) is 1. The molecule has 1 fully saturated rings. The van der Waals surface area contributed by atoms with E-state index in [0.717, 1.165) is 0 Å². The van der Waals surface area contributed by atoms with Gasteiger partial charge in [0.05, 0.1) is 35.1 Å². The number of ether oxygens (including phenoxy) is 2. The van der Waals surface area contributed by atoms with E-state index in [1.165, 1.54) is 6.07 Å². The summed E-state index contributed by atoms with van der Waals surface area (Å²) in [6, 6.07) is 4.35. The van der Waals surface area contributed by atoms with Gasteiger partial charge in [-0.2, -0.15) is 0 Å². The van der Waals surface area contributed by atoms with E-state index < -0.39 is 5.97 Å². The summed E-state index contributed by atoms with van der Waals surface area (Å²) >= 11 is 6.14. The van der Waals surface area contributed by atoms with Crippen LogP contribution in [0.4, 0.5) is 10.5 Å². The minimum absolute atomic E-state index is 0.0627. The van der Waals surface area contributed by atoms with Gasteiger partial charge < -0.3 is 25.4 Å². The molecule has 0 spiro atoms. The molecule has 1 aromatic carbocycles. The minimum Gasteiger partial charge on any atom is -0.459 e. The number of urea groups is 1. The van der Waals surface area contributed by atoms with Crippen LogP contribution in [0, 0.1) is 0 Å². The molecule has 0 aliphatic carbocycles. The first-order valence-corrected chi connectivity index (χ1v) is 8.66. The van der Waals surface area contributed by atoms with Crippen LogP contribution >= 0.6 is 11.6 Å². The van der Waals surface area contributed by atoms with Crippen molar-refractivity contribution in [2.45, 2.75) is 32.5 Å². The van der Waals surface area contributed by atoms with Crippen molar-refractivity contribution in [2.24, 2.45) is 5.73 Å². The zero-order valence-corrected chi connectivity index (χ0v) is 15.2. The highest BCUT2D eigenvalue weighted by molar-refractivity contribution is 6.33. The normalized spacial score (nSPS) is 17.5. The Morgan fingerprint density at radius 3 is 2.92 bits per heavy atom. The van der Waals surface area contributed by atoms with Gasteiger partial charge in [0.1, 0.15) is 0 Å². The molecule has 1 heterocycles. The van der Waals surface area contributed by atoms with Gasteiger partial charge in [0.15, 0.2) is 0 Å². The number of halogens is 1. The Morgan fingerprint density at radius 1 is 1.48 bits per heavy atom. The highest BCUT2D eigenvalue weighted by Gasteiger charge is 2.24. The molecule has 8 heteroatoms. The summed E-state index contributed by atoms with van der Waals surface area (Å²) in [7, 11) is 0. The summed E-state index contributed by atoms with van der Waals surface area (Å²) in [5, 5.41) is 3.10. The van der Waals surface area contributed by atoms with Gasteiger partial charge in [-0.15, -0.1) is 0 Å². The fourth-order valence-electron chi connectivity index (χ4n) is 2.49. The number of hydrogen-bond acceptors (Lipinski definition) is 5. The zero-order valence-electron chi connectivity index (χ0n) is 14.5.